The van der Waals surface area contributed by atoms with Crippen LogP contribution in [0.1, 0.15) is 71.2 Å². The Morgan fingerprint density at radius 2 is 1.92 bits per heavy atom. The van der Waals surface area contributed by atoms with E-state index in [9.17, 15) is 9.35 Å². The molecule has 3 rings (SSSR count). The fourth-order valence-electron chi connectivity index (χ4n) is 4.17. The topological polar surface area (TPSA) is 150 Å². The maximum absolute atomic E-state index is 13.4. The molecule has 0 bridgehead atoms. The molecule has 2 aromatic rings. The quantitative estimate of drug-likeness (QED) is 0.142. The maximum atomic E-state index is 13.4. The Bertz CT molecular complexity index is 1180. The van der Waals surface area contributed by atoms with E-state index in [2.05, 4.69) is 15.4 Å². The van der Waals surface area contributed by atoms with Crippen LogP contribution in [0, 0.1) is 0 Å². The minimum absolute atomic E-state index is 0.113. The summed E-state index contributed by atoms with van der Waals surface area (Å²) in [6.07, 6.45) is 8.01. The van der Waals surface area contributed by atoms with Crippen molar-refractivity contribution in [1.82, 2.24) is 15.0 Å². The minimum atomic E-state index is -1.49. The first-order chi connectivity index (χ1) is 18.3. The second-order valence-electron chi connectivity index (χ2n) is 10.8. The number of benzene rings is 1. The summed E-state index contributed by atoms with van der Waals surface area (Å²) in [5.41, 5.74) is 12.7. The third-order valence-electron chi connectivity index (χ3n) is 5.82. The number of halogens is 1. The van der Waals surface area contributed by atoms with Gasteiger partial charge < -0.3 is 31.4 Å². The van der Waals surface area contributed by atoms with Gasteiger partial charge in [-0.2, -0.15) is 0 Å². The Morgan fingerprint density at radius 3 is 2.54 bits per heavy atom. The number of carbonyl (C=O) groups excluding carboxylic acids is 1. The Labute approximate surface area is 243 Å². The zero-order valence-electron chi connectivity index (χ0n) is 23.0. The number of alkyl carbamates (subject to hydrolysis) is 1. The molecule has 12 heteroatoms. The van der Waals surface area contributed by atoms with Gasteiger partial charge in [0.15, 0.2) is 4.90 Å². The number of nitrogens with one attached hydrogen (secondary N) is 3. The largest absolute Gasteiger partial charge is 0.593 e. The summed E-state index contributed by atoms with van der Waals surface area (Å²) < 4.78 is 21.8. The number of aromatic nitrogens is 1. The summed E-state index contributed by atoms with van der Waals surface area (Å²) in [7, 11) is 0. The molecule has 1 unspecified atom stereocenters. The molecule has 0 saturated heterocycles. The molecule has 9 nitrogen and oxygen atoms in total. The van der Waals surface area contributed by atoms with Crippen molar-refractivity contribution >= 4 is 46.1 Å². The molecule has 1 aromatic heterocycles. The fourth-order valence-corrected chi connectivity index (χ4v) is 6.70. The van der Waals surface area contributed by atoms with Gasteiger partial charge in [0.1, 0.15) is 5.82 Å². The van der Waals surface area contributed by atoms with Crippen molar-refractivity contribution in [2.24, 2.45) is 11.5 Å². The minimum Gasteiger partial charge on any atom is -0.593 e. The molecule has 1 atom stereocenters. The molecular weight excluding hydrogens is 556 g/mol. The third-order valence-corrected chi connectivity index (χ3v) is 8.68. The summed E-state index contributed by atoms with van der Waals surface area (Å²) in [5, 5.41) is 7.22. The number of rotatable bonds is 9. The smallest absolute Gasteiger partial charge is 0.407 e. The van der Waals surface area contributed by atoms with E-state index in [1.165, 1.54) is 6.08 Å². The lowest BCUT2D eigenvalue weighted by Crippen LogP contribution is -2.40. The van der Waals surface area contributed by atoms with Gasteiger partial charge in [0.2, 0.25) is 0 Å². The van der Waals surface area contributed by atoms with Gasteiger partial charge in [0.25, 0.3) is 0 Å². The number of thiazole rings is 1. The highest BCUT2D eigenvalue weighted by molar-refractivity contribution is 7.89. The predicted molar refractivity (Wildman–Crippen MR) is 161 cm³/mol. The third kappa shape index (κ3) is 9.91. The molecule has 0 aliphatic heterocycles. The van der Waals surface area contributed by atoms with Crippen molar-refractivity contribution < 1.29 is 14.1 Å². The van der Waals surface area contributed by atoms with Gasteiger partial charge >= 0.3 is 6.09 Å². The molecule has 7 N–H and O–H groups in total. The predicted octanol–water partition coefficient (Wildman–Crippen LogP) is 5.63. The highest BCUT2D eigenvalue weighted by Gasteiger charge is 2.28. The molecule has 1 saturated carbocycles. The molecule has 1 aliphatic rings. The molecule has 39 heavy (non-hydrogen) atoms. The van der Waals surface area contributed by atoms with Crippen LogP contribution in [0.3, 0.4) is 0 Å². The number of anilines is 1. The van der Waals surface area contributed by atoms with E-state index in [0.717, 1.165) is 41.1 Å². The first kappa shape index (κ1) is 31.1. The van der Waals surface area contributed by atoms with Crippen LogP contribution < -0.4 is 26.8 Å². The van der Waals surface area contributed by atoms with Gasteiger partial charge in [-0.05, 0) is 84.6 Å². The molecule has 0 spiro atoms. The summed E-state index contributed by atoms with van der Waals surface area (Å²) in [4.78, 5) is 18.3. The zero-order chi connectivity index (χ0) is 28.7. The SMILES string of the molecule is CC(C)OC(=O)NC1CCC(c2ncc(-c3ccc(N/C(N)=C/C=C(\N)Cl)cc3[S+]([O-])NC(C)(C)C)s2)CC1. The van der Waals surface area contributed by atoms with Crippen LogP contribution in [-0.2, 0) is 16.1 Å². The van der Waals surface area contributed by atoms with Gasteiger partial charge in [0, 0.05) is 29.9 Å². The summed E-state index contributed by atoms with van der Waals surface area (Å²) in [6.45, 7) is 9.58. The highest BCUT2D eigenvalue weighted by Crippen LogP contribution is 2.40. The van der Waals surface area contributed by atoms with E-state index < -0.39 is 11.4 Å². The Hall–Kier alpha value is -2.44. The van der Waals surface area contributed by atoms with Crippen LogP contribution in [0.5, 0.6) is 0 Å². The van der Waals surface area contributed by atoms with Gasteiger partial charge in [-0.1, -0.05) is 11.6 Å². The summed E-state index contributed by atoms with van der Waals surface area (Å²) >= 11 is 5.81. The number of hydrogen-bond acceptors (Lipinski definition) is 9. The van der Waals surface area contributed by atoms with E-state index >= 15 is 0 Å². The van der Waals surface area contributed by atoms with E-state index in [1.54, 1.807) is 17.4 Å². The molecule has 1 heterocycles. The first-order valence-electron chi connectivity index (χ1n) is 12.9. The number of allylic oxidation sites excluding steroid dienone is 2. The van der Waals surface area contributed by atoms with E-state index in [4.69, 9.17) is 32.8 Å². The number of amides is 1. The number of nitrogens with zero attached hydrogens (tertiary/aromatic N) is 1. The Balaban J connectivity index is 1.78. The molecule has 1 aromatic carbocycles. The average Bonchev–Trinajstić information content (AvgIpc) is 3.31. The van der Waals surface area contributed by atoms with Gasteiger partial charge in [-0.25, -0.2) is 9.78 Å². The number of hydrogen-bond donors (Lipinski definition) is 5. The lowest BCUT2D eigenvalue weighted by atomic mass is 9.86. The normalized spacial score (nSPS) is 19.6. The van der Waals surface area contributed by atoms with Crippen molar-refractivity contribution in [3.8, 4) is 10.4 Å². The van der Waals surface area contributed by atoms with Crippen molar-refractivity contribution in [3.63, 3.8) is 0 Å². The molecule has 1 aliphatic carbocycles. The second-order valence-corrected chi connectivity index (χ2v) is 13.5. The average molecular weight is 595 g/mol. The van der Waals surface area contributed by atoms with E-state index in [0.29, 0.717) is 22.3 Å². The molecule has 0 radical (unpaired) electrons. The van der Waals surface area contributed by atoms with Gasteiger partial charge in [-0.3, -0.25) is 0 Å². The zero-order valence-corrected chi connectivity index (χ0v) is 25.4. The molecule has 1 fully saturated rings. The highest BCUT2D eigenvalue weighted by atomic mass is 35.5. The summed E-state index contributed by atoms with van der Waals surface area (Å²) in [5.74, 6) is 0.660. The van der Waals surface area contributed by atoms with Crippen LogP contribution in [0.25, 0.3) is 10.4 Å². The lowest BCUT2D eigenvalue weighted by Gasteiger charge is -2.28. The number of carbonyl (C=O) groups is 1. The summed E-state index contributed by atoms with van der Waals surface area (Å²) in [6, 6.07) is 5.75. The molecular formula is C27H39ClN6O3S2. The van der Waals surface area contributed by atoms with Crippen LogP contribution in [-0.4, -0.2) is 33.3 Å². The lowest BCUT2D eigenvalue weighted by molar-refractivity contribution is 0.109. The first-order valence-corrected chi connectivity index (χ1v) is 15.3. The Kier molecular flexibility index (Phi) is 11.0. The van der Waals surface area contributed by atoms with Crippen LogP contribution in [0.2, 0.25) is 0 Å². The second kappa shape index (κ2) is 13.8. The van der Waals surface area contributed by atoms with Gasteiger partial charge in [-0.15, -0.1) is 16.1 Å². The van der Waals surface area contributed by atoms with Crippen molar-refractivity contribution in [2.75, 3.05) is 5.32 Å². The van der Waals surface area contributed by atoms with E-state index in [-0.39, 0.29) is 28.9 Å². The van der Waals surface area contributed by atoms with Crippen molar-refractivity contribution in [3.05, 3.63) is 52.5 Å². The number of nitrogens with two attached hydrogens (primary N) is 2. The van der Waals surface area contributed by atoms with E-state index in [1.807, 2.05) is 59.0 Å². The number of ether oxygens (including phenoxy) is 1. The fraction of sp³-hybridized carbons (Fsp3) is 0.481. The molecule has 1 amide bonds. The van der Waals surface area contributed by atoms with Crippen LogP contribution in [0.15, 0.2) is 52.4 Å². The molecule has 214 valence electrons. The van der Waals surface area contributed by atoms with Gasteiger partial charge in [0.05, 0.1) is 43.6 Å². The van der Waals surface area contributed by atoms with Crippen molar-refractivity contribution in [2.45, 2.75) is 88.8 Å². The monoisotopic (exact) mass is 594 g/mol. The van der Waals surface area contributed by atoms with Crippen LogP contribution in [0.4, 0.5) is 10.5 Å². The standard InChI is InChI=1S/C27H39ClN6O3S2/c1-16(2)37-26(35)33-18-8-6-17(7-9-18)25-31-15-21(38-25)20-11-10-19(32-24(30)13-12-23(28)29)14-22(20)39(36)34-27(3,4)5/h10-18,32,34H,6-9,29-30H2,1-5H3,(H,33,35)/b23-12-,24-13+. The van der Waals surface area contributed by atoms with Crippen LogP contribution >= 0.6 is 22.9 Å². The van der Waals surface area contributed by atoms with Crippen molar-refractivity contribution in [1.29, 1.82) is 0 Å². The maximum Gasteiger partial charge on any atom is 0.407 e. The Morgan fingerprint density at radius 1 is 1.23 bits per heavy atom.